The molecule has 2 aromatic carbocycles. The van der Waals surface area contributed by atoms with Crippen molar-refractivity contribution in [2.45, 2.75) is 24.3 Å². The van der Waals surface area contributed by atoms with Gasteiger partial charge >= 0.3 is 0 Å². The van der Waals surface area contributed by atoms with Gasteiger partial charge in [0.05, 0.1) is 18.0 Å². The molecule has 4 rings (SSSR count). The van der Waals surface area contributed by atoms with Crippen LogP contribution >= 0.6 is 11.8 Å². The van der Waals surface area contributed by atoms with Crippen molar-refractivity contribution in [3.63, 3.8) is 0 Å². The molecule has 1 saturated heterocycles. The number of carbonyl (C=O) groups is 2. The Labute approximate surface area is 151 Å². The molecule has 0 spiro atoms. The van der Waals surface area contributed by atoms with Gasteiger partial charge in [0.2, 0.25) is 5.91 Å². The minimum Gasteiger partial charge on any atom is -0.339 e. The van der Waals surface area contributed by atoms with Gasteiger partial charge in [0, 0.05) is 23.5 Å². The van der Waals surface area contributed by atoms with Gasteiger partial charge in [0.25, 0.3) is 5.91 Å². The maximum Gasteiger partial charge on any atom is 0.253 e. The van der Waals surface area contributed by atoms with Crippen molar-refractivity contribution in [2.24, 2.45) is 0 Å². The molecule has 2 amide bonds. The first-order valence-corrected chi connectivity index (χ1v) is 9.61. The lowest BCUT2D eigenvalue weighted by Gasteiger charge is -2.29. The second-order valence-corrected chi connectivity index (χ2v) is 7.45. The minimum absolute atomic E-state index is 0.111. The van der Waals surface area contributed by atoms with Crippen molar-refractivity contribution in [2.75, 3.05) is 23.7 Å². The van der Waals surface area contributed by atoms with Gasteiger partial charge in [-0.15, -0.1) is 11.8 Å². The third-order valence-corrected chi connectivity index (χ3v) is 5.79. The van der Waals surface area contributed by atoms with Gasteiger partial charge in [-0.2, -0.15) is 0 Å². The Kier molecular flexibility index (Phi) is 4.49. The summed E-state index contributed by atoms with van der Waals surface area (Å²) in [6.07, 6.45) is 2.19. The Balaban J connectivity index is 1.51. The van der Waals surface area contributed by atoms with Gasteiger partial charge in [0.1, 0.15) is 0 Å². The summed E-state index contributed by atoms with van der Waals surface area (Å²) in [5.74, 6) is 0.712. The van der Waals surface area contributed by atoms with Crippen LogP contribution in [0.15, 0.2) is 53.4 Å². The van der Waals surface area contributed by atoms with E-state index in [1.54, 1.807) is 11.8 Å². The topological polar surface area (TPSA) is 40.6 Å². The summed E-state index contributed by atoms with van der Waals surface area (Å²) < 4.78 is 0. The largest absolute Gasteiger partial charge is 0.339 e. The number of benzene rings is 2. The highest BCUT2D eigenvalue weighted by Gasteiger charge is 2.24. The van der Waals surface area contributed by atoms with E-state index in [1.807, 2.05) is 52.3 Å². The average Bonchev–Trinajstić information content (AvgIpc) is 3.19. The zero-order valence-corrected chi connectivity index (χ0v) is 14.8. The number of anilines is 1. The molecule has 2 aliphatic heterocycles. The Morgan fingerprint density at radius 2 is 1.72 bits per heavy atom. The molecule has 0 aliphatic carbocycles. The van der Waals surface area contributed by atoms with Crippen LogP contribution in [0, 0.1) is 0 Å². The van der Waals surface area contributed by atoms with E-state index < -0.39 is 0 Å². The van der Waals surface area contributed by atoms with Crippen LogP contribution in [0.1, 0.15) is 28.8 Å². The second kappa shape index (κ2) is 6.92. The maximum atomic E-state index is 12.4. The lowest BCUT2D eigenvalue weighted by molar-refractivity contribution is -0.116. The molecule has 25 heavy (non-hydrogen) atoms. The highest BCUT2D eigenvalue weighted by molar-refractivity contribution is 8.00. The molecule has 0 unspecified atom stereocenters. The predicted octanol–water partition coefficient (Wildman–Crippen LogP) is 3.56. The smallest absolute Gasteiger partial charge is 0.253 e. The van der Waals surface area contributed by atoms with Crippen molar-refractivity contribution in [3.05, 3.63) is 59.7 Å². The summed E-state index contributed by atoms with van der Waals surface area (Å²) in [6.45, 7) is 2.25. The fourth-order valence-corrected chi connectivity index (χ4v) is 4.30. The van der Waals surface area contributed by atoms with Crippen LogP contribution in [-0.4, -0.2) is 35.6 Å². The first-order valence-electron chi connectivity index (χ1n) is 8.63. The van der Waals surface area contributed by atoms with Gasteiger partial charge in [-0.05, 0) is 42.7 Å². The highest BCUT2D eigenvalue weighted by atomic mass is 32.2. The van der Waals surface area contributed by atoms with Gasteiger partial charge in [-0.25, -0.2) is 0 Å². The number of nitrogens with zero attached hydrogens (tertiary/aromatic N) is 2. The van der Waals surface area contributed by atoms with E-state index in [2.05, 4.69) is 6.07 Å². The van der Waals surface area contributed by atoms with Gasteiger partial charge in [-0.3, -0.25) is 9.59 Å². The van der Waals surface area contributed by atoms with Gasteiger partial charge in [0.15, 0.2) is 0 Å². The number of hydrogen-bond donors (Lipinski definition) is 0. The van der Waals surface area contributed by atoms with E-state index in [9.17, 15) is 9.59 Å². The number of thioether (sulfide) groups is 1. The van der Waals surface area contributed by atoms with E-state index in [0.29, 0.717) is 12.3 Å². The number of rotatable bonds is 3. The molecule has 0 radical (unpaired) electrons. The number of para-hydroxylation sites is 1. The summed E-state index contributed by atoms with van der Waals surface area (Å²) in [4.78, 5) is 29.7. The van der Waals surface area contributed by atoms with Crippen molar-refractivity contribution in [1.29, 1.82) is 0 Å². The summed E-state index contributed by atoms with van der Waals surface area (Å²) >= 11 is 1.59. The predicted molar refractivity (Wildman–Crippen MR) is 99.9 cm³/mol. The van der Waals surface area contributed by atoms with Crippen LogP contribution in [0.2, 0.25) is 0 Å². The van der Waals surface area contributed by atoms with E-state index in [4.69, 9.17) is 0 Å². The minimum atomic E-state index is 0.111. The molecule has 0 N–H and O–H groups in total. The lowest BCUT2D eigenvalue weighted by atomic mass is 10.1. The molecule has 0 saturated carbocycles. The normalized spacial score (nSPS) is 16.9. The van der Waals surface area contributed by atoms with Gasteiger partial charge < -0.3 is 9.80 Å². The number of amides is 2. The third-order valence-electron chi connectivity index (χ3n) is 4.74. The summed E-state index contributed by atoms with van der Waals surface area (Å²) in [5, 5.41) is 0. The Morgan fingerprint density at radius 3 is 2.48 bits per heavy atom. The number of likely N-dealkylation sites (tertiary alicyclic amines) is 1. The molecule has 1 fully saturated rings. The molecule has 5 heteroatoms. The van der Waals surface area contributed by atoms with Crippen molar-refractivity contribution in [1.82, 2.24) is 4.90 Å². The van der Waals surface area contributed by atoms with E-state index in [0.717, 1.165) is 47.6 Å². The average molecular weight is 352 g/mol. The Bertz CT molecular complexity index is 798. The van der Waals surface area contributed by atoms with Gasteiger partial charge in [-0.1, -0.05) is 24.3 Å². The van der Waals surface area contributed by atoms with Crippen LogP contribution < -0.4 is 4.90 Å². The number of fused-ring (bicyclic) bond motifs is 1. The van der Waals surface area contributed by atoms with E-state index >= 15 is 0 Å². The van der Waals surface area contributed by atoms with Crippen molar-refractivity contribution in [3.8, 4) is 0 Å². The number of hydrogen-bond acceptors (Lipinski definition) is 3. The van der Waals surface area contributed by atoms with Crippen LogP contribution in [0.3, 0.4) is 0 Å². The molecule has 0 aromatic heterocycles. The molecular weight excluding hydrogens is 332 g/mol. The monoisotopic (exact) mass is 352 g/mol. The molecule has 128 valence electrons. The quantitative estimate of drug-likeness (QED) is 0.848. The van der Waals surface area contributed by atoms with Crippen molar-refractivity contribution < 1.29 is 9.59 Å². The molecule has 0 atom stereocenters. The fraction of sp³-hybridized carbons (Fsp3) is 0.300. The molecule has 0 bridgehead atoms. The number of carbonyl (C=O) groups excluding carboxylic acids is 2. The zero-order valence-electron chi connectivity index (χ0n) is 14.0. The van der Waals surface area contributed by atoms with Crippen LogP contribution in [0.25, 0.3) is 0 Å². The third kappa shape index (κ3) is 3.29. The van der Waals surface area contributed by atoms with Crippen LogP contribution in [0.4, 0.5) is 5.69 Å². The summed E-state index contributed by atoms with van der Waals surface area (Å²) in [5.41, 5.74) is 2.74. The van der Waals surface area contributed by atoms with E-state index in [-0.39, 0.29) is 11.8 Å². The molecule has 2 aliphatic rings. The SMILES string of the molecule is O=C(c1ccc(CN2C(=O)CSc3ccccc32)cc1)N1CCCC1. The highest BCUT2D eigenvalue weighted by Crippen LogP contribution is 2.35. The van der Waals surface area contributed by atoms with Crippen LogP contribution in [-0.2, 0) is 11.3 Å². The standard InChI is InChI=1S/C20H20N2O2S/c23-19-14-25-18-6-2-1-5-17(18)22(19)13-15-7-9-16(10-8-15)20(24)21-11-3-4-12-21/h1-2,5-10H,3-4,11-14H2. The molecule has 2 heterocycles. The molecule has 4 nitrogen and oxygen atoms in total. The first kappa shape index (κ1) is 16.2. The first-order chi connectivity index (χ1) is 12.2. The molecule has 2 aromatic rings. The maximum absolute atomic E-state index is 12.4. The Hall–Kier alpha value is -2.27. The molecular formula is C20H20N2O2S. The fourth-order valence-electron chi connectivity index (χ4n) is 3.37. The van der Waals surface area contributed by atoms with Crippen molar-refractivity contribution >= 4 is 29.3 Å². The Morgan fingerprint density at radius 1 is 1.00 bits per heavy atom. The zero-order chi connectivity index (χ0) is 17.2. The van der Waals surface area contributed by atoms with Crippen LogP contribution in [0.5, 0.6) is 0 Å². The second-order valence-electron chi connectivity index (χ2n) is 6.43. The lowest BCUT2D eigenvalue weighted by Crippen LogP contribution is -2.34. The van der Waals surface area contributed by atoms with E-state index in [1.165, 1.54) is 0 Å². The summed E-state index contributed by atoms with van der Waals surface area (Å²) in [7, 11) is 0. The summed E-state index contributed by atoms with van der Waals surface area (Å²) in [6, 6.07) is 15.7.